The van der Waals surface area contributed by atoms with Crippen LogP contribution in [-0.2, 0) is 0 Å². The van der Waals surface area contributed by atoms with E-state index in [2.05, 4.69) is 26.8 Å². The second-order valence-electron chi connectivity index (χ2n) is 12.6. The summed E-state index contributed by atoms with van der Waals surface area (Å²) < 4.78 is 53.5. The molecule has 6 rings (SSSR count). The highest BCUT2D eigenvalue weighted by Gasteiger charge is 2.54. The Balaban J connectivity index is 0.000000152. The first-order valence-electron chi connectivity index (χ1n) is 14.1. The standard InChI is InChI=1S/C16H20F2O.C16H21FO/c1-8(2)10-4-14(17)16(15(18)5-10)19-11-6-12-9(3)13(12)7-11;1-9(2)11-4-10(3)16(15(17)8-11)18-14-6-12-5-13(12)7-14/h4-5,8-9,11-13H,6-7H2,1-3H3;4,8-9,12-14H,5-7H2,1-3H3. The Hall–Kier alpha value is -2.17. The number of ether oxygens (including phenoxy) is 2. The number of halogens is 3. The van der Waals surface area contributed by atoms with Gasteiger partial charge < -0.3 is 9.47 Å². The van der Waals surface area contributed by atoms with Gasteiger partial charge in [0.15, 0.2) is 29.0 Å². The molecule has 0 heterocycles. The van der Waals surface area contributed by atoms with Crippen LogP contribution in [0.15, 0.2) is 24.3 Å². The van der Waals surface area contributed by atoms with Crippen LogP contribution in [0.4, 0.5) is 13.2 Å². The molecule has 37 heavy (non-hydrogen) atoms. The van der Waals surface area contributed by atoms with Crippen LogP contribution in [0.3, 0.4) is 0 Å². The summed E-state index contributed by atoms with van der Waals surface area (Å²) in [6, 6.07) is 6.46. The molecule has 2 aromatic rings. The van der Waals surface area contributed by atoms with Gasteiger partial charge in [0.05, 0.1) is 12.2 Å². The quantitative estimate of drug-likeness (QED) is 0.383. The van der Waals surface area contributed by atoms with Gasteiger partial charge in [0.1, 0.15) is 0 Å². The van der Waals surface area contributed by atoms with E-state index in [1.807, 2.05) is 20.8 Å². The largest absolute Gasteiger partial charge is 0.487 e. The van der Waals surface area contributed by atoms with E-state index in [9.17, 15) is 13.2 Å². The summed E-state index contributed by atoms with van der Waals surface area (Å²) in [4.78, 5) is 0. The smallest absolute Gasteiger partial charge is 0.191 e. The topological polar surface area (TPSA) is 18.5 Å². The van der Waals surface area contributed by atoms with E-state index in [1.165, 1.54) is 18.6 Å². The van der Waals surface area contributed by atoms with Crippen LogP contribution in [0.1, 0.15) is 95.2 Å². The molecule has 0 aliphatic heterocycles. The van der Waals surface area contributed by atoms with Crippen molar-refractivity contribution in [3.63, 3.8) is 0 Å². The van der Waals surface area contributed by atoms with Crippen LogP contribution < -0.4 is 9.47 Å². The van der Waals surface area contributed by atoms with Crippen molar-refractivity contribution in [3.05, 3.63) is 58.4 Å². The molecule has 0 saturated heterocycles. The van der Waals surface area contributed by atoms with Crippen molar-refractivity contribution in [2.24, 2.45) is 29.6 Å². The zero-order valence-electron chi connectivity index (χ0n) is 23.0. The highest BCUT2D eigenvalue weighted by Crippen LogP contribution is 2.58. The molecule has 4 fully saturated rings. The molecule has 202 valence electrons. The number of aryl methyl sites for hydroxylation is 1. The minimum absolute atomic E-state index is 0.0138. The van der Waals surface area contributed by atoms with E-state index >= 15 is 0 Å². The van der Waals surface area contributed by atoms with Crippen molar-refractivity contribution in [3.8, 4) is 11.5 Å². The third-order valence-electron chi connectivity index (χ3n) is 9.20. The Labute approximate surface area is 219 Å². The zero-order chi connectivity index (χ0) is 26.6. The van der Waals surface area contributed by atoms with Gasteiger partial charge in [-0.1, -0.05) is 40.7 Å². The molecule has 0 amide bonds. The van der Waals surface area contributed by atoms with Crippen molar-refractivity contribution >= 4 is 0 Å². The number of hydrogen-bond donors (Lipinski definition) is 0. The predicted octanol–water partition coefficient (Wildman–Crippen LogP) is 8.95. The van der Waals surface area contributed by atoms with Crippen LogP contribution in [-0.4, -0.2) is 12.2 Å². The number of benzene rings is 2. The second kappa shape index (κ2) is 10.2. The Morgan fingerprint density at radius 1 is 0.649 bits per heavy atom. The lowest BCUT2D eigenvalue weighted by molar-refractivity contribution is 0.171. The Morgan fingerprint density at radius 2 is 1.08 bits per heavy atom. The van der Waals surface area contributed by atoms with E-state index < -0.39 is 11.6 Å². The molecular weight excluding hydrogens is 473 g/mol. The molecule has 4 unspecified atom stereocenters. The van der Waals surface area contributed by atoms with Crippen molar-refractivity contribution in [1.29, 1.82) is 0 Å². The van der Waals surface area contributed by atoms with Crippen molar-refractivity contribution < 1.29 is 22.6 Å². The molecule has 4 saturated carbocycles. The SMILES string of the molecule is CC(C)c1cc(F)c(OC2CC3C(C)C3C2)c(F)c1.Cc1cc(C(C)C)cc(F)c1OC1CC2CC2C1. The lowest BCUT2D eigenvalue weighted by Crippen LogP contribution is -2.17. The van der Waals surface area contributed by atoms with Crippen molar-refractivity contribution in [1.82, 2.24) is 0 Å². The molecule has 0 aromatic heterocycles. The van der Waals surface area contributed by atoms with Gasteiger partial charge in [0, 0.05) is 0 Å². The number of fused-ring (bicyclic) bond motifs is 2. The van der Waals surface area contributed by atoms with Crippen LogP contribution in [0, 0.1) is 54.0 Å². The fourth-order valence-electron chi connectivity index (χ4n) is 6.57. The van der Waals surface area contributed by atoms with Crippen LogP contribution in [0.25, 0.3) is 0 Å². The van der Waals surface area contributed by atoms with Gasteiger partial charge in [-0.2, -0.15) is 0 Å². The van der Waals surface area contributed by atoms with Crippen LogP contribution in [0.2, 0.25) is 0 Å². The van der Waals surface area contributed by atoms with Gasteiger partial charge in [0.25, 0.3) is 0 Å². The third-order valence-corrected chi connectivity index (χ3v) is 9.20. The van der Waals surface area contributed by atoms with Crippen molar-refractivity contribution in [2.75, 3.05) is 0 Å². The summed E-state index contributed by atoms with van der Waals surface area (Å²) in [6.45, 7) is 12.2. The molecular formula is C32H41F3O2. The lowest BCUT2D eigenvalue weighted by Gasteiger charge is -2.19. The molecule has 2 aromatic carbocycles. The molecule has 0 bridgehead atoms. The van der Waals surface area contributed by atoms with Gasteiger partial charge in [-0.3, -0.25) is 0 Å². The molecule has 2 nitrogen and oxygen atoms in total. The summed E-state index contributed by atoms with van der Waals surface area (Å²) in [5.41, 5.74) is 2.65. The summed E-state index contributed by atoms with van der Waals surface area (Å²) in [5, 5.41) is 0. The van der Waals surface area contributed by atoms with E-state index in [0.29, 0.717) is 29.1 Å². The summed E-state index contributed by atoms with van der Waals surface area (Å²) >= 11 is 0. The molecule has 0 spiro atoms. The monoisotopic (exact) mass is 514 g/mol. The summed E-state index contributed by atoms with van der Waals surface area (Å²) in [6.07, 6.45) is 5.72. The fourth-order valence-corrected chi connectivity index (χ4v) is 6.57. The fraction of sp³-hybridized carbons (Fsp3) is 0.625. The lowest BCUT2D eigenvalue weighted by atomic mass is 10.0. The Kier molecular flexibility index (Phi) is 7.28. The van der Waals surface area contributed by atoms with Gasteiger partial charge in [-0.15, -0.1) is 0 Å². The molecule has 0 N–H and O–H groups in total. The average Bonchev–Trinajstić information content (AvgIpc) is 3.54. The zero-order valence-corrected chi connectivity index (χ0v) is 23.0. The average molecular weight is 515 g/mol. The van der Waals surface area contributed by atoms with Crippen molar-refractivity contribution in [2.45, 2.75) is 97.7 Å². The summed E-state index contributed by atoms with van der Waals surface area (Å²) in [7, 11) is 0. The minimum atomic E-state index is -0.572. The van der Waals surface area contributed by atoms with Gasteiger partial charge in [0.2, 0.25) is 0 Å². The maximum Gasteiger partial charge on any atom is 0.191 e. The van der Waals surface area contributed by atoms with Gasteiger partial charge in [-0.25, -0.2) is 13.2 Å². The van der Waals surface area contributed by atoms with Gasteiger partial charge in [-0.05, 0) is 115 Å². The highest BCUT2D eigenvalue weighted by atomic mass is 19.1. The van der Waals surface area contributed by atoms with E-state index in [1.54, 1.807) is 6.07 Å². The number of hydrogen-bond acceptors (Lipinski definition) is 2. The normalized spacial score (nSPS) is 31.1. The highest BCUT2D eigenvalue weighted by molar-refractivity contribution is 5.39. The first-order chi connectivity index (χ1) is 17.5. The first kappa shape index (κ1) is 26.4. The molecule has 0 radical (unpaired) electrons. The molecule has 5 heteroatoms. The Morgan fingerprint density at radius 3 is 1.57 bits per heavy atom. The van der Waals surface area contributed by atoms with E-state index in [-0.39, 0.29) is 29.7 Å². The molecule has 4 aliphatic rings. The van der Waals surface area contributed by atoms with E-state index in [4.69, 9.17) is 9.47 Å². The molecule has 4 atom stereocenters. The second-order valence-corrected chi connectivity index (χ2v) is 12.6. The number of rotatable bonds is 6. The first-order valence-corrected chi connectivity index (χ1v) is 14.1. The maximum absolute atomic E-state index is 14.1. The van der Waals surface area contributed by atoms with Crippen LogP contribution >= 0.6 is 0 Å². The minimum Gasteiger partial charge on any atom is -0.487 e. The van der Waals surface area contributed by atoms with Crippen LogP contribution in [0.5, 0.6) is 11.5 Å². The maximum atomic E-state index is 14.1. The third kappa shape index (κ3) is 5.66. The molecule has 4 aliphatic carbocycles. The van der Waals surface area contributed by atoms with E-state index in [0.717, 1.165) is 54.6 Å². The predicted molar refractivity (Wildman–Crippen MR) is 141 cm³/mol. The Bertz CT molecular complexity index is 1070. The van der Waals surface area contributed by atoms with Gasteiger partial charge >= 0.3 is 0 Å². The summed E-state index contributed by atoms with van der Waals surface area (Å²) in [5.74, 6) is 3.35.